The number of aromatic nitrogens is 1. The van der Waals surface area contributed by atoms with Gasteiger partial charge in [0, 0.05) is 44.2 Å². The number of methoxy groups -OCH3 is 1. The zero-order chi connectivity index (χ0) is 14.5. The summed E-state index contributed by atoms with van der Waals surface area (Å²) in [5.74, 6) is 0.0264. The van der Waals surface area contributed by atoms with E-state index in [2.05, 4.69) is 22.1 Å². The van der Waals surface area contributed by atoms with Crippen molar-refractivity contribution in [2.24, 2.45) is 0 Å². The smallest absolute Gasteiger partial charge is 0.253 e. The van der Waals surface area contributed by atoms with Crippen LogP contribution in [0, 0.1) is 13.8 Å². The average Bonchev–Trinajstić information content (AvgIpc) is 3.20. The molecule has 1 fully saturated rings. The Morgan fingerprint density at radius 1 is 1.35 bits per heavy atom. The van der Waals surface area contributed by atoms with Crippen LogP contribution in [0.3, 0.4) is 0 Å². The van der Waals surface area contributed by atoms with Crippen molar-refractivity contribution in [2.75, 3.05) is 33.4 Å². The minimum atomic E-state index is 0.0264. The van der Waals surface area contributed by atoms with Gasteiger partial charge >= 0.3 is 0 Å². The lowest BCUT2D eigenvalue weighted by Gasteiger charge is -2.08. The summed E-state index contributed by atoms with van der Waals surface area (Å²) in [6.45, 7) is 7.01. The van der Waals surface area contributed by atoms with Gasteiger partial charge in [0.25, 0.3) is 5.91 Å². The highest BCUT2D eigenvalue weighted by molar-refractivity contribution is 5.95. The summed E-state index contributed by atoms with van der Waals surface area (Å²) in [4.78, 5) is 12.2. The van der Waals surface area contributed by atoms with Crippen LogP contribution >= 0.6 is 0 Å². The summed E-state index contributed by atoms with van der Waals surface area (Å²) in [6.07, 6.45) is 2.47. The van der Waals surface area contributed by atoms with Gasteiger partial charge in [-0.05, 0) is 32.8 Å². The molecule has 1 aromatic heterocycles. The number of rotatable bonds is 8. The molecule has 112 valence electrons. The van der Waals surface area contributed by atoms with E-state index < -0.39 is 0 Å². The summed E-state index contributed by atoms with van der Waals surface area (Å²) in [5, 5.41) is 6.17. The van der Waals surface area contributed by atoms with Crippen LogP contribution < -0.4 is 10.6 Å². The van der Waals surface area contributed by atoms with Crippen LogP contribution in [-0.4, -0.2) is 43.8 Å². The molecular formula is C15H25N3O2. The third-order valence-corrected chi connectivity index (χ3v) is 3.71. The van der Waals surface area contributed by atoms with Crippen LogP contribution in [0.5, 0.6) is 0 Å². The molecule has 0 bridgehead atoms. The second kappa shape index (κ2) is 6.90. The number of carbonyl (C=O) groups is 1. The molecular weight excluding hydrogens is 254 g/mol. The Bertz CT molecular complexity index is 464. The summed E-state index contributed by atoms with van der Waals surface area (Å²) in [7, 11) is 1.68. The Kier molecular flexibility index (Phi) is 5.20. The molecule has 1 amide bonds. The van der Waals surface area contributed by atoms with E-state index in [1.165, 1.54) is 18.5 Å². The topological polar surface area (TPSA) is 55.3 Å². The summed E-state index contributed by atoms with van der Waals surface area (Å²) >= 11 is 0. The molecule has 20 heavy (non-hydrogen) atoms. The second-order valence-electron chi connectivity index (χ2n) is 5.38. The van der Waals surface area contributed by atoms with Crippen molar-refractivity contribution in [1.29, 1.82) is 0 Å². The minimum Gasteiger partial charge on any atom is -0.383 e. The van der Waals surface area contributed by atoms with Crippen LogP contribution in [0.4, 0.5) is 0 Å². The van der Waals surface area contributed by atoms with E-state index in [9.17, 15) is 4.79 Å². The molecule has 0 radical (unpaired) electrons. The van der Waals surface area contributed by atoms with Gasteiger partial charge in [0.1, 0.15) is 0 Å². The zero-order valence-corrected chi connectivity index (χ0v) is 12.7. The Hall–Kier alpha value is -1.33. The number of carbonyl (C=O) groups excluding carboxylic acids is 1. The van der Waals surface area contributed by atoms with E-state index in [0.29, 0.717) is 19.2 Å². The maximum absolute atomic E-state index is 12.2. The Morgan fingerprint density at radius 2 is 2.10 bits per heavy atom. The maximum Gasteiger partial charge on any atom is 0.253 e. The van der Waals surface area contributed by atoms with E-state index in [4.69, 9.17) is 4.74 Å². The molecule has 0 atom stereocenters. The van der Waals surface area contributed by atoms with Crippen molar-refractivity contribution in [3.8, 4) is 0 Å². The van der Waals surface area contributed by atoms with Gasteiger partial charge in [-0.3, -0.25) is 4.79 Å². The summed E-state index contributed by atoms with van der Waals surface area (Å²) < 4.78 is 7.24. The SMILES string of the molecule is COCCNCCNC(=O)c1cc(C)n(C2CC2)c1C. The number of nitrogens with one attached hydrogen (secondary N) is 2. The van der Waals surface area contributed by atoms with Gasteiger partial charge in [0.05, 0.1) is 12.2 Å². The van der Waals surface area contributed by atoms with Crippen molar-refractivity contribution >= 4 is 5.91 Å². The average molecular weight is 279 g/mol. The molecule has 2 rings (SSSR count). The van der Waals surface area contributed by atoms with Crippen LogP contribution in [-0.2, 0) is 4.74 Å². The molecule has 1 aliphatic rings. The molecule has 1 aromatic rings. The lowest BCUT2D eigenvalue weighted by atomic mass is 10.2. The van der Waals surface area contributed by atoms with Crippen molar-refractivity contribution in [3.63, 3.8) is 0 Å². The first-order valence-corrected chi connectivity index (χ1v) is 7.31. The monoisotopic (exact) mass is 279 g/mol. The Labute approximate surface area is 120 Å². The molecule has 1 saturated carbocycles. The van der Waals surface area contributed by atoms with E-state index >= 15 is 0 Å². The van der Waals surface area contributed by atoms with Crippen molar-refractivity contribution in [3.05, 3.63) is 23.0 Å². The maximum atomic E-state index is 12.2. The highest BCUT2D eigenvalue weighted by atomic mass is 16.5. The predicted molar refractivity (Wildman–Crippen MR) is 79.3 cm³/mol. The fourth-order valence-corrected chi connectivity index (χ4v) is 2.56. The Balaban J connectivity index is 1.82. The molecule has 1 aliphatic carbocycles. The highest BCUT2D eigenvalue weighted by Gasteiger charge is 2.28. The van der Waals surface area contributed by atoms with E-state index in [1.54, 1.807) is 7.11 Å². The number of hydrogen-bond acceptors (Lipinski definition) is 3. The number of nitrogens with zero attached hydrogens (tertiary/aromatic N) is 1. The molecule has 0 unspecified atom stereocenters. The van der Waals surface area contributed by atoms with E-state index in [1.807, 2.05) is 13.0 Å². The van der Waals surface area contributed by atoms with Crippen molar-refractivity contribution < 1.29 is 9.53 Å². The molecule has 5 heteroatoms. The quantitative estimate of drug-likeness (QED) is 0.707. The highest BCUT2D eigenvalue weighted by Crippen LogP contribution is 2.38. The van der Waals surface area contributed by atoms with Gasteiger partial charge in [-0.25, -0.2) is 0 Å². The standard InChI is InChI=1S/C15H25N3O2/c1-11-10-14(12(2)18(11)13-4-5-13)15(19)17-7-6-16-8-9-20-3/h10,13,16H,4-9H2,1-3H3,(H,17,19). The van der Waals surface area contributed by atoms with Crippen LogP contribution in [0.2, 0.25) is 0 Å². The van der Waals surface area contributed by atoms with E-state index in [0.717, 1.165) is 24.3 Å². The molecule has 0 spiro atoms. The largest absolute Gasteiger partial charge is 0.383 e. The van der Waals surface area contributed by atoms with Gasteiger partial charge in [0.2, 0.25) is 0 Å². The van der Waals surface area contributed by atoms with E-state index in [-0.39, 0.29) is 5.91 Å². The van der Waals surface area contributed by atoms with Crippen LogP contribution in [0.15, 0.2) is 6.07 Å². The van der Waals surface area contributed by atoms with Crippen LogP contribution in [0.1, 0.15) is 40.6 Å². The fourth-order valence-electron chi connectivity index (χ4n) is 2.56. The third-order valence-electron chi connectivity index (χ3n) is 3.71. The lowest BCUT2D eigenvalue weighted by molar-refractivity contribution is 0.0953. The summed E-state index contributed by atoms with van der Waals surface area (Å²) in [5.41, 5.74) is 3.09. The normalized spacial score (nSPS) is 14.6. The minimum absolute atomic E-state index is 0.0264. The predicted octanol–water partition coefficient (Wildman–Crippen LogP) is 1.41. The first-order valence-electron chi connectivity index (χ1n) is 7.31. The van der Waals surface area contributed by atoms with Crippen molar-refractivity contribution in [2.45, 2.75) is 32.7 Å². The number of hydrogen-bond donors (Lipinski definition) is 2. The van der Waals surface area contributed by atoms with Gasteiger partial charge < -0.3 is 19.9 Å². The Morgan fingerprint density at radius 3 is 2.75 bits per heavy atom. The van der Waals surface area contributed by atoms with Crippen LogP contribution in [0.25, 0.3) is 0 Å². The molecule has 1 heterocycles. The van der Waals surface area contributed by atoms with Gasteiger partial charge in [-0.15, -0.1) is 0 Å². The van der Waals surface area contributed by atoms with Crippen molar-refractivity contribution in [1.82, 2.24) is 15.2 Å². The number of amides is 1. The van der Waals surface area contributed by atoms with Gasteiger partial charge in [-0.2, -0.15) is 0 Å². The second-order valence-corrected chi connectivity index (χ2v) is 5.38. The van der Waals surface area contributed by atoms with Gasteiger partial charge in [-0.1, -0.05) is 0 Å². The molecule has 0 aromatic carbocycles. The third kappa shape index (κ3) is 3.61. The zero-order valence-electron chi connectivity index (χ0n) is 12.7. The first kappa shape index (κ1) is 15.1. The molecule has 2 N–H and O–H groups in total. The molecule has 0 saturated heterocycles. The fraction of sp³-hybridized carbons (Fsp3) is 0.667. The summed E-state index contributed by atoms with van der Waals surface area (Å²) in [6, 6.07) is 2.62. The lowest BCUT2D eigenvalue weighted by Crippen LogP contribution is -2.33. The molecule has 5 nitrogen and oxygen atoms in total. The van der Waals surface area contributed by atoms with Gasteiger partial charge in [0.15, 0.2) is 0 Å². The number of aryl methyl sites for hydroxylation is 1. The number of ether oxygens (including phenoxy) is 1. The molecule has 0 aliphatic heterocycles. The first-order chi connectivity index (χ1) is 9.65.